The lowest BCUT2D eigenvalue weighted by Gasteiger charge is -2.34. The Bertz CT molecular complexity index is 1540. The first kappa shape index (κ1) is 20.9. The van der Waals surface area contributed by atoms with Crippen molar-refractivity contribution in [3.05, 3.63) is 57.8 Å². The van der Waals surface area contributed by atoms with Crippen molar-refractivity contribution >= 4 is 22.7 Å². The lowest BCUT2D eigenvalue weighted by atomic mass is 9.85. The molecule has 4 heterocycles. The van der Waals surface area contributed by atoms with E-state index in [1.165, 1.54) is 11.1 Å². The summed E-state index contributed by atoms with van der Waals surface area (Å²) in [6, 6.07) is 6.91. The molecule has 180 valence electrons. The Labute approximate surface area is 202 Å². The van der Waals surface area contributed by atoms with Crippen molar-refractivity contribution in [3.8, 4) is 6.01 Å². The zero-order valence-corrected chi connectivity index (χ0v) is 20.3. The molecule has 0 spiro atoms. The molecule has 2 aliphatic carbocycles. The lowest BCUT2D eigenvalue weighted by molar-refractivity contribution is 0.382. The van der Waals surface area contributed by atoms with Gasteiger partial charge in [0.2, 0.25) is 5.95 Å². The molecule has 9 nitrogen and oxygen atoms in total. The molecule has 3 aromatic heterocycles. The fourth-order valence-corrected chi connectivity index (χ4v) is 5.20. The number of rotatable bonds is 5. The van der Waals surface area contributed by atoms with Crippen LogP contribution in [0, 0.1) is 0 Å². The summed E-state index contributed by atoms with van der Waals surface area (Å²) in [4.78, 5) is 27.3. The first-order chi connectivity index (χ1) is 16.8. The molecular formula is C26H29N7O2. The van der Waals surface area contributed by atoms with Gasteiger partial charge in [0.1, 0.15) is 11.6 Å². The number of benzene rings is 1. The first-order valence-corrected chi connectivity index (χ1v) is 12.4. The minimum absolute atomic E-state index is 0.0459. The van der Waals surface area contributed by atoms with Crippen molar-refractivity contribution in [2.24, 2.45) is 0 Å². The van der Waals surface area contributed by atoms with E-state index in [0.717, 1.165) is 50.0 Å². The molecule has 0 radical (unpaired) electrons. The van der Waals surface area contributed by atoms with Crippen molar-refractivity contribution in [1.82, 2.24) is 29.6 Å². The van der Waals surface area contributed by atoms with E-state index in [0.29, 0.717) is 23.0 Å². The van der Waals surface area contributed by atoms with Gasteiger partial charge in [0.15, 0.2) is 5.65 Å². The smallest absolute Gasteiger partial charge is 0.323 e. The van der Waals surface area contributed by atoms with E-state index in [9.17, 15) is 4.79 Å². The third-order valence-corrected chi connectivity index (χ3v) is 7.80. The van der Waals surface area contributed by atoms with Crippen LogP contribution in [0.1, 0.15) is 69.3 Å². The highest BCUT2D eigenvalue weighted by Crippen LogP contribution is 2.47. The molecule has 1 aromatic carbocycles. The SMILES string of the molecule is CC1(c2coc(-n3c4nc(Nc5ccc6c(c5)CCNC6(C)C)ncc4c(=O)n3C3CC3)n2)CC1. The van der Waals surface area contributed by atoms with Crippen molar-refractivity contribution in [3.63, 3.8) is 0 Å². The van der Waals surface area contributed by atoms with Crippen LogP contribution in [0.2, 0.25) is 0 Å². The summed E-state index contributed by atoms with van der Waals surface area (Å²) in [6.07, 6.45) is 8.43. The quantitative estimate of drug-likeness (QED) is 0.452. The van der Waals surface area contributed by atoms with Gasteiger partial charge in [-0.3, -0.25) is 4.79 Å². The van der Waals surface area contributed by atoms with Crippen molar-refractivity contribution in [2.75, 3.05) is 11.9 Å². The molecule has 2 fully saturated rings. The summed E-state index contributed by atoms with van der Waals surface area (Å²) in [5.41, 5.74) is 4.93. The van der Waals surface area contributed by atoms with Gasteiger partial charge in [-0.05, 0) is 75.8 Å². The maximum absolute atomic E-state index is 13.3. The van der Waals surface area contributed by atoms with E-state index in [4.69, 9.17) is 14.4 Å². The van der Waals surface area contributed by atoms with Crippen molar-refractivity contribution < 1.29 is 4.42 Å². The summed E-state index contributed by atoms with van der Waals surface area (Å²) in [5.74, 6) is 0.438. The van der Waals surface area contributed by atoms with Crippen molar-refractivity contribution in [1.29, 1.82) is 0 Å². The predicted molar refractivity (Wildman–Crippen MR) is 133 cm³/mol. The summed E-state index contributed by atoms with van der Waals surface area (Å²) in [6.45, 7) is 7.55. The van der Waals surface area contributed by atoms with Crippen LogP contribution < -0.4 is 16.2 Å². The summed E-state index contributed by atoms with van der Waals surface area (Å²) < 4.78 is 9.39. The molecule has 2 N–H and O–H groups in total. The standard InChI is InChI=1S/C26H29N7O2/c1-25(2)19-7-4-16(12-15(19)8-11-28-25)29-23-27-13-18-21(31-23)33(32(22(18)34)17-5-6-17)24-30-20(14-35-24)26(3)9-10-26/h4,7,12-14,17,28H,5-6,8-11H2,1-3H3,(H,27,29,31). The maximum atomic E-state index is 13.3. The maximum Gasteiger partial charge on any atom is 0.323 e. The number of nitrogens with one attached hydrogen (secondary N) is 2. The molecule has 9 heteroatoms. The third-order valence-electron chi connectivity index (χ3n) is 7.80. The monoisotopic (exact) mass is 471 g/mol. The fraction of sp³-hybridized carbons (Fsp3) is 0.462. The van der Waals surface area contributed by atoms with Gasteiger partial charge in [-0.15, -0.1) is 0 Å². The fourth-order valence-electron chi connectivity index (χ4n) is 5.20. The topological polar surface area (TPSA) is 103 Å². The molecule has 4 aromatic rings. The number of nitrogens with zero attached hydrogens (tertiary/aromatic N) is 5. The molecule has 0 atom stereocenters. The minimum atomic E-state index is -0.102. The Balaban J connectivity index is 1.30. The molecule has 35 heavy (non-hydrogen) atoms. The summed E-state index contributed by atoms with van der Waals surface area (Å²) in [7, 11) is 0. The van der Waals surface area contributed by atoms with Crippen LogP contribution in [0.4, 0.5) is 11.6 Å². The molecule has 2 saturated carbocycles. The van der Waals surface area contributed by atoms with Gasteiger partial charge >= 0.3 is 6.01 Å². The molecule has 0 amide bonds. The second-order valence-electron chi connectivity index (χ2n) is 11.0. The van der Waals surface area contributed by atoms with Crippen LogP contribution in [0.15, 0.2) is 39.9 Å². The van der Waals surface area contributed by atoms with E-state index in [2.05, 4.69) is 54.6 Å². The Kier molecular flexibility index (Phi) is 4.20. The highest BCUT2D eigenvalue weighted by atomic mass is 16.4. The number of oxazole rings is 1. The van der Waals surface area contributed by atoms with Crippen molar-refractivity contribution in [2.45, 2.75) is 69.9 Å². The van der Waals surface area contributed by atoms with Crippen LogP contribution in [0.25, 0.3) is 17.0 Å². The van der Waals surface area contributed by atoms with E-state index in [-0.39, 0.29) is 22.6 Å². The molecule has 7 rings (SSSR count). The Morgan fingerprint density at radius 2 is 2.00 bits per heavy atom. The second kappa shape index (κ2) is 7.04. The van der Waals surface area contributed by atoms with Gasteiger partial charge in [-0.1, -0.05) is 13.0 Å². The van der Waals surface area contributed by atoms with Crippen LogP contribution >= 0.6 is 0 Å². The highest BCUT2D eigenvalue weighted by molar-refractivity contribution is 5.76. The minimum Gasteiger partial charge on any atom is -0.430 e. The van der Waals surface area contributed by atoms with Gasteiger partial charge < -0.3 is 15.1 Å². The Morgan fingerprint density at radius 3 is 2.77 bits per heavy atom. The van der Waals surface area contributed by atoms with Gasteiger partial charge in [-0.25, -0.2) is 9.67 Å². The van der Waals surface area contributed by atoms with Gasteiger partial charge in [0, 0.05) is 22.8 Å². The van der Waals surface area contributed by atoms with Gasteiger partial charge in [0.25, 0.3) is 5.56 Å². The first-order valence-electron chi connectivity index (χ1n) is 12.4. The van der Waals surface area contributed by atoms with Crippen LogP contribution in [0.5, 0.6) is 0 Å². The number of anilines is 2. The largest absolute Gasteiger partial charge is 0.430 e. The second-order valence-corrected chi connectivity index (χ2v) is 11.0. The van der Waals surface area contributed by atoms with Crippen LogP contribution in [-0.4, -0.2) is 30.9 Å². The molecule has 0 unspecified atom stereocenters. The molecule has 3 aliphatic rings. The van der Waals surface area contributed by atoms with Crippen LogP contribution in [0.3, 0.4) is 0 Å². The number of hydrogen-bond donors (Lipinski definition) is 2. The Morgan fingerprint density at radius 1 is 1.17 bits per heavy atom. The lowest BCUT2D eigenvalue weighted by Crippen LogP contribution is -2.42. The van der Waals surface area contributed by atoms with E-state index in [1.807, 2.05) is 0 Å². The van der Waals surface area contributed by atoms with Gasteiger partial charge in [0.05, 0.1) is 11.7 Å². The average Bonchev–Trinajstić information content (AvgIpc) is 3.73. The predicted octanol–water partition coefficient (Wildman–Crippen LogP) is 4.08. The summed E-state index contributed by atoms with van der Waals surface area (Å²) in [5, 5.41) is 7.39. The number of fused-ring (bicyclic) bond motifs is 2. The molecule has 1 aliphatic heterocycles. The van der Waals surface area contributed by atoms with Crippen LogP contribution in [-0.2, 0) is 17.4 Å². The zero-order valence-electron chi connectivity index (χ0n) is 20.3. The molecular weight excluding hydrogens is 442 g/mol. The normalized spacial score (nSPS) is 20.1. The summed E-state index contributed by atoms with van der Waals surface area (Å²) >= 11 is 0. The Hall–Kier alpha value is -3.46. The number of aromatic nitrogens is 5. The zero-order chi connectivity index (χ0) is 23.9. The molecule has 0 bridgehead atoms. The van der Waals surface area contributed by atoms with Gasteiger partial charge in [-0.2, -0.15) is 14.6 Å². The third kappa shape index (κ3) is 3.32. The van der Waals surface area contributed by atoms with E-state index < -0.39 is 0 Å². The molecule has 0 saturated heterocycles. The van der Waals surface area contributed by atoms with E-state index in [1.54, 1.807) is 21.8 Å². The number of hydrogen-bond acceptors (Lipinski definition) is 7. The average molecular weight is 472 g/mol. The van der Waals surface area contributed by atoms with E-state index >= 15 is 0 Å². The highest BCUT2D eigenvalue weighted by Gasteiger charge is 2.42.